The third kappa shape index (κ3) is 6.21. The summed E-state index contributed by atoms with van der Waals surface area (Å²) >= 11 is 0. The molecule has 0 spiro atoms. The first-order valence-electron chi connectivity index (χ1n) is 12.6. The van der Waals surface area contributed by atoms with Crippen LogP contribution in [0.3, 0.4) is 0 Å². The van der Waals surface area contributed by atoms with Gasteiger partial charge in [-0.25, -0.2) is 0 Å². The molecule has 0 atom stereocenters. The maximum Gasteiger partial charge on any atom is 0.221 e. The summed E-state index contributed by atoms with van der Waals surface area (Å²) in [4.78, 5) is 16.5. The SMILES string of the molecule is CCOc1cc2ncc(CC(N)=O)c(Nc3cccc(CNCc4ccoc4)c3CC)c2cc1OCC. The van der Waals surface area contributed by atoms with Crippen molar-refractivity contribution in [2.24, 2.45) is 5.73 Å². The van der Waals surface area contributed by atoms with Crippen LogP contribution in [0.5, 0.6) is 11.5 Å². The van der Waals surface area contributed by atoms with E-state index in [4.69, 9.17) is 19.6 Å². The van der Waals surface area contributed by atoms with E-state index in [-0.39, 0.29) is 6.42 Å². The van der Waals surface area contributed by atoms with E-state index in [9.17, 15) is 4.79 Å². The maximum atomic E-state index is 11.9. The number of aromatic nitrogens is 1. The van der Waals surface area contributed by atoms with Crippen molar-refractivity contribution in [1.82, 2.24) is 10.3 Å². The fraction of sp³-hybridized carbons (Fsp3) is 0.310. The molecule has 0 aliphatic rings. The molecule has 0 saturated carbocycles. The second-order valence-corrected chi connectivity index (χ2v) is 8.64. The van der Waals surface area contributed by atoms with E-state index in [0.29, 0.717) is 31.3 Å². The summed E-state index contributed by atoms with van der Waals surface area (Å²) < 4.78 is 16.8. The number of fused-ring (bicyclic) bond motifs is 1. The van der Waals surface area contributed by atoms with Crippen molar-refractivity contribution in [3.05, 3.63) is 77.4 Å². The highest BCUT2D eigenvalue weighted by atomic mass is 16.5. The molecule has 2 heterocycles. The Kier molecular flexibility index (Phi) is 8.64. The Morgan fingerprint density at radius 3 is 2.49 bits per heavy atom. The smallest absolute Gasteiger partial charge is 0.221 e. The highest BCUT2D eigenvalue weighted by Gasteiger charge is 2.17. The number of hydrogen-bond acceptors (Lipinski definition) is 7. The van der Waals surface area contributed by atoms with E-state index < -0.39 is 5.91 Å². The van der Waals surface area contributed by atoms with Crippen LogP contribution in [0.1, 0.15) is 43.0 Å². The van der Waals surface area contributed by atoms with E-state index in [0.717, 1.165) is 46.4 Å². The molecule has 0 saturated heterocycles. The lowest BCUT2D eigenvalue weighted by Gasteiger charge is -2.20. The Labute approximate surface area is 217 Å². The average Bonchev–Trinajstić information content (AvgIpc) is 3.40. The van der Waals surface area contributed by atoms with Crippen LogP contribution in [0, 0.1) is 0 Å². The molecule has 37 heavy (non-hydrogen) atoms. The van der Waals surface area contributed by atoms with E-state index in [1.807, 2.05) is 38.1 Å². The standard InChI is InChI=1S/C29H34N4O4/c1-4-22-20(16-31-15-19-10-11-35-18-19)8-7-9-24(22)33-29-21(12-28(30)34)17-32-25-14-27(37-6-3)26(36-5-2)13-23(25)29/h7-11,13-14,17-18,31H,4-6,12,15-16H2,1-3H3,(H2,30,34)(H,32,33). The largest absolute Gasteiger partial charge is 0.490 e. The normalized spacial score (nSPS) is 11.0. The number of carbonyl (C=O) groups is 1. The van der Waals surface area contributed by atoms with Gasteiger partial charge in [0.05, 0.1) is 43.4 Å². The van der Waals surface area contributed by atoms with Gasteiger partial charge < -0.3 is 30.3 Å². The molecule has 0 fully saturated rings. The molecule has 0 bridgehead atoms. The molecule has 4 rings (SSSR count). The van der Waals surface area contributed by atoms with Crippen LogP contribution in [0.15, 0.2) is 59.5 Å². The average molecular weight is 503 g/mol. The predicted octanol–water partition coefficient (Wildman–Crippen LogP) is 5.25. The van der Waals surface area contributed by atoms with Gasteiger partial charge >= 0.3 is 0 Å². The molecule has 0 aliphatic carbocycles. The topological polar surface area (TPSA) is 112 Å². The first kappa shape index (κ1) is 26.0. The van der Waals surface area contributed by atoms with Gasteiger partial charge in [0, 0.05) is 47.6 Å². The Bertz CT molecular complexity index is 1350. The lowest BCUT2D eigenvalue weighted by molar-refractivity contribution is -0.117. The van der Waals surface area contributed by atoms with Crippen molar-refractivity contribution in [2.75, 3.05) is 18.5 Å². The zero-order valence-corrected chi connectivity index (χ0v) is 21.6. The summed E-state index contributed by atoms with van der Waals surface area (Å²) in [6.45, 7) is 8.43. The van der Waals surface area contributed by atoms with Crippen LogP contribution in [0.4, 0.5) is 11.4 Å². The number of rotatable bonds is 13. The molecule has 8 heteroatoms. The van der Waals surface area contributed by atoms with Gasteiger partial charge in [0.25, 0.3) is 0 Å². The van der Waals surface area contributed by atoms with Crippen molar-refractivity contribution in [2.45, 2.75) is 46.7 Å². The van der Waals surface area contributed by atoms with E-state index >= 15 is 0 Å². The third-order valence-corrected chi connectivity index (χ3v) is 6.09. The van der Waals surface area contributed by atoms with E-state index in [1.54, 1.807) is 18.7 Å². The van der Waals surface area contributed by atoms with Crippen LogP contribution in [0.25, 0.3) is 10.9 Å². The molecule has 2 aromatic carbocycles. The summed E-state index contributed by atoms with van der Waals surface area (Å²) in [5.74, 6) is 0.844. The molecule has 194 valence electrons. The predicted molar refractivity (Wildman–Crippen MR) is 145 cm³/mol. The number of nitrogens with one attached hydrogen (secondary N) is 2. The lowest BCUT2D eigenvalue weighted by atomic mass is 10.0. The molecular weight excluding hydrogens is 468 g/mol. The van der Waals surface area contributed by atoms with Crippen LogP contribution in [-0.2, 0) is 30.7 Å². The minimum absolute atomic E-state index is 0.0653. The second kappa shape index (κ2) is 12.3. The molecule has 4 aromatic rings. The molecule has 0 aliphatic heterocycles. The second-order valence-electron chi connectivity index (χ2n) is 8.64. The van der Waals surface area contributed by atoms with Crippen LogP contribution in [-0.4, -0.2) is 24.1 Å². The van der Waals surface area contributed by atoms with E-state index in [1.165, 1.54) is 11.1 Å². The fourth-order valence-corrected chi connectivity index (χ4v) is 4.45. The van der Waals surface area contributed by atoms with Crippen molar-refractivity contribution in [1.29, 1.82) is 0 Å². The number of benzene rings is 2. The molecule has 0 radical (unpaired) electrons. The molecule has 2 aromatic heterocycles. The van der Waals surface area contributed by atoms with E-state index in [2.05, 4.69) is 34.7 Å². The van der Waals surface area contributed by atoms with Crippen LogP contribution < -0.4 is 25.8 Å². The van der Waals surface area contributed by atoms with Gasteiger partial charge in [-0.2, -0.15) is 0 Å². The summed E-state index contributed by atoms with van der Waals surface area (Å²) in [5.41, 5.74) is 12.3. The number of furan rings is 1. The van der Waals surface area contributed by atoms with Crippen molar-refractivity contribution in [3.8, 4) is 11.5 Å². The number of nitrogens with two attached hydrogens (primary N) is 1. The third-order valence-electron chi connectivity index (χ3n) is 6.09. The summed E-state index contributed by atoms with van der Waals surface area (Å²) in [6.07, 6.45) is 6.02. The highest BCUT2D eigenvalue weighted by Crippen LogP contribution is 2.38. The Morgan fingerprint density at radius 1 is 1.03 bits per heavy atom. The number of hydrogen-bond donors (Lipinski definition) is 3. The summed E-state index contributed by atoms with van der Waals surface area (Å²) in [7, 11) is 0. The molecule has 1 amide bonds. The van der Waals surface area contributed by atoms with Gasteiger partial charge in [-0.3, -0.25) is 9.78 Å². The van der Waals surface area contributed by atoms with Gasteiger partial charge in [0.2, 0.25) is 5.91 Å². The zero-order chi connectivity index (χ0) is 26.2. The molecule has 4 N–H and O–H groups in total. The number of amides is 1. The van der Waals surface area contributed by atoms with Crippen molar-refractivity contribution >= 4 is 28.2 Å². The molecule has 0 unspecified atom stereocenters. The first-order valence-corrected chi connectivity index (χ1v) is 12.6. The van der Waals surface area contributed by atoms with Gasteiger partial charge in [-0.05, 0) is 49.6 Å². The minimum Gasteiger partial charge on any atom is -0.490 e. The Balaban J connectivity index is 1.74. The summed E-state index contributed by atoms with van der Waals surface area (Å²) in [5, 5.41) is 7.94. The summed E-state index contributed by atoms with van der Waals surface area (Å²) in [6, 6.07) is 12.0. The Hall–Kier alpha value is -4.04. The number of primary amides is 1. The molecular formula is C29H34N4O4. The van der Waals surface area contributed by atoms with Crippen LogP contribution >= 0.6 is 0 Å². The minimum atomic E-state index is -0.423. The number of ether oxygens (including phenoxy) is 2. The fourth-order valence-electron chi connectivity index (χ4n) is 4.45. The van der Waals surface area contributed by atoms with Gasteiger partial charge in [-0.15, -0.1) is 0 Å². The van der Waals surface area contributed by atoms with Gasteiger partial charge in [0.1, 0.15) is 0 Å². The lowest BCUT2D eigenvalue weighted by Crippen LogP contribution is -2.16. The number of pyridine rings is 1. The first-order chi connectivity index (χ1) is 18.0. The number of carbonyl (C=O) groups excluding carboxylic acids is 1. The van der Waals surface area contributed by atoms with Crippen LogP contribution in [0.2, 0.25) is 0 Å². The molecule has 8 nitrogen and oxygen atoms in total. The zero-order valence-electron chi connectivity index (χ0n) is 21.6. The maximum absolute atomic E-state index is 11.9. The van der Waals surface area contributed by atoms with Gasteiger partial charge in [0.15, 0.2) is 11.5 Å². The highest BCUT2D eigenvalue weighted by molar-refractivity contribution is 5.98. The van der Waals surface area contributed by atoms with Gasteiger partial charge in [-0.1, -0.05) is 19.1 Å². The monoisotopic (exact) mass is 502 g/mol. The quantitative estimate of drug-likeness (QED) is 0.229. The van der Waals surface area contributed by atoms with Crippen molar-refractivity contribution < 1.29 is 18.7 Å². The Morgan fingerprint density at radius 2 is 1.81 bits per heavy atom. The number of nitrogens with zero attached hydrogens (tertiary/aromatic N) is 1. The van der Waals surface area contributed by atoms with Crippen molar-refractivity contribution in [3.63, 3.8) is 0 Å². The number of anilines is 2.